The lowest BCUT2D eigenvalue weighted by Gasteiger charge is -2.23. The van der Waals surface area contributed by atoms with Gasteiger partial charge >= 0.3 is 0 Å². The Morgan fingerprint density at radius 1 is 1.04 bits per heavy atom. The first-order chi connectivity index (χ1) is 12.2. The highest BCUT2D eigenvalue weighted by molar-refractivity contribution is 8.00. The lowest BCUT2D eigenvalue weighted by atomic mass is 9.98. The molecule has 0 bridgehead atoms. The molecule has 0 radical (unpaired) electrons. The van der Waals surface area contributed by atoms with Crippen LogP contribution in [0.15, 0.2) is 75.6 Å². The third kappa shape index (κ3) is 3.55. The van der Waals surface area contributed by atoms with Gasteiger partial charge in [-0.05, 0) is 35.9 Å². The molecule has 2 nitrogen and oxygen atoms in total. The third-order valence-corrected chi connectivity index (χ3v) is 6.07. The number of oxime groups is 1. The molecule has 126 valence electrons. The Bertz CT molecular complexity index is 934. The third-order valence-electron chi connectivity index (χ3n) is 4.29. The molecule has 1 atom stereocenters. The summed E-state index contributed by atoms with van der Waals surface area (Å²) in [5, 5.41) is 7.51. The van der Waals surface area contributed by atoms with Crippen LogP contribution < -0.4 is 0 Å². The predicted molar refractivity (Wildman–Crippen MR) is 109 cm³/mol. The molecule has 4 rings (SSSR count). The molecule has 1 heterocycles. The molecule has 1 unspecified atom stereocenters. The Kier molecular flexibility index (Phi) is 4.73. The van der Waals surface area contributed by atoms with E-state index in [-0.39, 0.29) is 0 Å². The van der Waals surface area contributed by atoms with Gasteiger partial charge in [-0.2, -0.15) is 0 Å². The van der Waals surface area contributed by atoms with Crippen molar-refractivity contribution in [3.63, 3.8) is 0 Å². The van der Waals surface area contributed by atoms with Gasteiger partial charge in [0.1, 0.15) is 12.0 Å². The van der Waals surface area contributed by atoms with Crippen molar-refractivity contribution >= 4 is 40.3 Å². The first-order valence-corrected chi connectivity index (χ1v) is 9.99. The van der Waals surface area contributed by atoms with E-state index in [9.17, 15) is 0 Å². The number of hydrogen-bond donors (Lipinski definition) is 0. The van der Waals surface area contributed by atoms with E-state index >= 15 is 0 Å². The molecule has 25 heavy (non-hydrogen) atoms. The number of rotatable bonds is 3. The van der Waals surface area contributed by atoms with Gasteiger partial charge in [0.15, 0.2) is 0 Å². The Hall–Kier alpha value is -1.91. The second-order valence-electron chi connectivity index (χ2n) is 6.30. The highest BCUT2D eigenvalue weighted by Gasteiger charge is 2.24. The fourth-order valence-corrected chi connectivity index (χ4v) is 4.69. The SMILES string of the molecule is Cc1ccc(SO/N=C2\CC(C)Sc3ccc4ccccc4c32)cc1. The van der Waals surface area contributed by atoms with Crippen molar-refractivity contribution in [1.29, 1.82) is 0 Å². The summed E-state index contributed by atoms with van der Waals surface area (Å²) in [5.41, 5.74) is 3.51. The molecule has 0 spiro atoms. The topological polar surface area (TPSA) is 21.6 Å². The van der Waals surface area contributed by atoms with Gasteiger partial charge in [-0.3, -0.25) is 0 Å². The van der Waals surface area contributed by atoms with Crippen LogP contribution in [0.1, 0.15) is 24.5 Å². The van der Waals surface area contributed by atoms with E-state index in [4.69, 9.17) is 4.28 Å². The minimum Gasteiger partial charge on any atom is -0.317 e. The number of hydrogen-bond acceptors (Lipinski definition) is 4. The van der Waals surface area contributed by atoms with Crippen molar-refractivity contribution in [3.05, 3.63) is 71.8 Å². The molecule has 0 aliphatic carbocycles. The number of thioether (sulfide) groups is 1. The summed E-state index contributed by atoms with van der Waals surface area (Å²) < 4.78 is 5.65. The summed E-state index contributed by atoms with van der Waals surface area (Å²) in [6, 6.07) is 21.2. The minimum absolute atomic E-state index is 0.500. The lowest BCUT2D eigenvalue weighted by molar-refractivity contribution is 0.403. The highest BCUT2D eigenvalue weighted by Crippen LogP contribution is 2.39. The molecule has 0 saturated heterocycles. The Labute approximate surface area is 156 Å². The van der Waals surface area contributed by atoms with Crippen LogP contribution >= 0.6 is 23.8 Å². The first kappa shape index (κ1) is 16.6. The van der Waals surface area contributed by atoms with E-state index in [0.29, 0.717) is 5.25 Å². The zero-order valence-electron chi connectivity index (χ0n) is 14.2. The van der Waals surface area contributed by atoms with Gasteiger partial charge in [-0.25, -0.2) is 0 Å². The average molecular weight is 366 g/mol. The van der Waals surface area contributed by atoms with Crippen LogP contribution in [0.4, 0.5) is 0 Å². The minimum atomic E-state index is 0.500. The predicted octanol–water partition coefficient (Wildman–Crippen LogP) is 6.46. The van der Waals surface area contributed by atoms with Crippen LogP contribution in [-0.2, 0) is 4.28 Å². The zero-order valence-corrected chi connectivity index (χ0v) is 15.9. The van der Waals surface area contributed by atoms with Crippen LogP contribution in [0.5, 0.6) is 0 Å². The maximum absolute atomic E-state index is 5.65. The zero-order chi connectivity index (χ0) is 17.2. The fraction of sp³-hybridized carbons (Fsp3) is 0.190. The van der Waals surface area contributed by atoms with Gasteiger partial charge in [-0.1, -0.05) is 60.1 Å². The van der Waals surface area contributed by atoms with E-state index < -0.39 is 0 Å². The standard InChI is InChI=1S/C21H19NOS2/c1-14-7-10-17(11-8-14)25-23-22-19-13-15(2)24-20-12-9-16-5-3-4-6-18(16)21(19)20/h3-12,15H,13H2,1-2H3/b22-19+. The molecule has 0 aromatic heterocycles. The number of nitrogens with zero attached hydrogens (tertiary/aromatic N) is 1. The monoisotopic (exact) mass is 365 g/mol. The van der Waals surface area contributed by atoms with E-state index in [0.717, 1.165) is 17.0 Å². The van der Waals surface area contributed by atoms with Gasteiger partial charge in [-0.15, -0.1) is 11.8 Å². The van der Waals surface area contributed by atoms with Crippen molar-refractivity contribution < 1.29 is 4.28 Å². The molecule has 0 saturated carbocycles. The summed E-state index contributed by atoms with van der Waals surface area (Å²) in [5.74, 6) is 0. The van der Waals surface area contributed by atoms with Crippen molar-refractivity contribution in [2.45, 2.75) is 35.3 Å². The molecule has 1 aliphatic rings. The summed E-state index contributed by atoms with van der Waals surface area (Å²) >= 11 is 3.23. The molecule has 0 amide bonds. The first-order valence-electron chi connectivity index (χ1n) is 8.37. The average Bonchev–Trinajstić information content (AvgIpc) is 2.62. The van der Waals surface area contributed by atoms with Crippen LogP contribution in [0.2, 0.25) is 0 Å². The molecular formula is C21H19NOS2. The molecule has 0 N–H and O–H groups in total. The second kappa shape index (κ2) is 7.14. The van der Waals surface area contributed by atoms with E-state index in [1.165, 1.54) is 38.8 Å². The van der Waals surface area contributed by atoms with E-state index in [1.54, 1.807) is 0 Å². The van der Waals surface area contributed by atoms with Crippen molar-refractivity contribution in [1.82, 2.24) is 0 Å². The van der Waals surface area contributed by atoms with Gasteiger partial charge in [0.25, 0.3) is 0 Å². The van der Waals surface area contributed by atoms with E-state index in [2.05, 4.69) is 79.7 Å². The fourth-order valence-electron chi connectivity index (χ4n) is 3.06. The molecule has 1 aliphatic heterocycles. The van der Waals surface area contributed by atoms with Gasteiger partial charge in [0.2, 0.25) is 0 Å². The Morgan fingerprint density at radius 2 is 1.84 bits per heavy atom. The molecule has 0 fully saturated rings. The molecule has 4 heteroatoms. The number of benzene rings is 3. The van der Waals surface area contributed by atoms with Crippen LogP contribution in [0.3, 0.4) is 0 Å². The van der Waals surface area contributed by atoms with Gasteiger partial charge in [0.05, 0.1) is 10.6 Å². The largest absolute Gasteiger partial charge is 0.317 e. The molecular weight excluding hydrogens is 346 g/mol. The summed E-state index contributed by atoms with van der Waals surface area (Å²) in [4.78, 5) is 2.35. The lowest BCUT2D eigenvalue weighted by Crippen LogP contribution is -2.16. The molecule has 3 aromatic rings. The normalized spacial score (nSPS) is 18.3. The summed E-state index contributed by atoms with van der Waals surface area (Å²) in [7, 11) is 0. The van der Waals surface area contributed by atoms with Gasteiger partial charge in [0, 0.05) is 22.1 Å². The molecule has 3 aromatic carbocycles. The highest BCUT2D eigenvalue weighted by atomic mass is 32.2. The summed E-state index contributed by atoms with van der Waals surface area (Å²) in [6.07, 6.45) is 0.917. The second-order valence-corrected chi connectivity index (χ2v) is 8.57. The van der Waals surface area contributed by atoms with Gasteiger partial charge < -0.3 is 4.28 Å². The Balaban J connectivity index is 1.66. The maximum atomic E-state index is 5.65. The number of fused-ring (bicyclic) bond motifs is 3. The van der Waals surface area contributed by atoms with Crippen LogP contribution in [0, 0.1) is 6.92 Å². The Morgan fingerprint density at radius 3 is 2.68 bits per heavy atom. The van der Waals surface area contributed by atoms with E-state index in [1.807, 2.05) is 11.8 Å². The van der Waals surface area contributed by atoms with Crippen molar-refractivity contribution in [2.75, 3.05) is 0 Å². The summed E-state index contributed by atoms with van der Waals surface area (Å²) in [6.45, 7) is 4.32. The van der Waals surface area contributed by atoms with Crippen molar-refractivity contribution in [2.24, 2.45) is 5.16 Å². The maximum Gasteiger partial charge on any atom is 0.125 e. The van der Waals surface area contributed by atoms with Crippen molar-refractivity contribution in [3.8, 4) is 0 Å². The van der Waals surface area contributed by atoms with Crippen LogP contribution in [-0.4, -0.2) is 11.0 Å². The quantitative estimate of drug-likeness (QED) is 0.393. The number of aryl methyl sites for hydroxylation is 1. The smallest absolute Gasteiger partial charge is 0.125 e. The van der Waals surface area contributed by atoms with Crippen LogP contribution in [0.25, 0.3) is 10.8 Å².